The molecule has 0 aliphatic heterocycles. The fraction of sp³-hybridized carbons (Fsp3) is 0.100. The average molecular weight is 218 g/mol. The van der Waals surface area contributed by atoms with Crippen LogP contribution in [0.1, 0.15) is 10.6 Å². The van der Waals surface area contributed by atoms with E-state index in [1.807, 2.05) is 0 Å². The van der Waals surface area contributed by atoms with Crippen LogP contribution in [0.25, 0.3) is 11.5 Å². The third-order valence-corrected chi connectivity index (χ3v) is 2.01. The molecule has 3 N–H and O–H groups in total. The van der Waals surface area contributed by atoms with E-state index in [-0.39, 0.29) is 11.7 Å². The van der Waals surface area contributed by atoms with Gasteiger partial charge in [0.1, 0.15) is 0 Å². The molecule has 0 saturated carbocycles. The van der Waals surface area contributed by atoms with Crippen LogP contribution in [0, 0.1) is 0 Å². The molecule has 1 aromatic heterocycles. The Kier molecular flexibility index (Phi) is 2.55. The highest BCUT2D eigenvalue weighted by atomic mass is 16.5. The van der Waals surface area contributed by atoms with Gasteiger partial charge in [0.2, 0.25) is 0 Å². The van der Waals surface area contributed by atoms with E-state index in [0.717, 1.165) is 5.56 Å². The van der Waals surface area contributed by atoms with Gasteiger partial charge in [-0.25, -0.2) is 0 Å². The van der Waals surface area contributed by atoms with Gasteiger partial charge in [-0.15, -0.1) is 0 Å². The van der Waals surface area contributed by atoms with E-state index in [1.54, 1.807) is 24.3 Å². The molecule has 1 amide bonds. The van der Waals surface area contributed by atoms with Crippen LogP contribution in [0.4, 0.5) is 5.69 Å². The molecule has 0 saturated heterocycles. The van der Waals surface area contributed by atoms with Crippen molar-refractivity contribution in [2.75, 3.05) is 12.8 Å². The Morgan fingerprint density at radius 1 is 1.38 bits per heavy atom. The van der Waals surface area contributed by atoms with Gasteiger partial charge in [0.25, 0.3) is 17.6 Å². The minimum Gasteiger partial charge on any atom is -0.399 e. The number of rotatable bonds is 2. The molecule has 82 valence electrons. The number of nitrogen functional groups attached to an aromatic ring is 1. The molecule has 6 nitrogen and oxygen atoms in total. The van der Waals surface area contributed by atoms with Crippen molar-refractivity contribution in [2.45, 2.75) is 0 Å². The Hall–Kier alpha value is -2.37. The molecule has 1 heterocycles. The Morgan fingerprint density at radius 3 is 2.69 bits per heavy atom. The largest absolute Gasteiger partial charge is 0.399 e. The minimum absolute atomic E-state index is 0.00863. The third-order valence-electron chi connectivity index (χ3n) is 2.01. The maximum Gasteiger partial charge on any atom is 0.292 e. The van der Waals surface area contributed by atoms with Gasteiger partial charge in [0, 0.05) is 18.3 Å². The van der Waals surface area contributed by atoms with Crippen molar-refractivity contribution in [3.8, 4) is 11.5 Å². The number of carbonyl (C=O) groups is 1. The molecule has 0 aliphatic carbocycles. The van der Waals surface area contributed by atoms with Crippen molar-refractivity contribution in [1.29, 1.82) is 0 Å². The molecule has 0 bridgehead atoms. The van der Waals surface area contributed by atoms with Gasteiger partial charge < -0.3 is 15.6 Å². The summed E-state index contributed by atoms with van der Waals surface area (Å²) in [6, 6.07) is 6.94. The van der Waals surface area contributed by atoms with E-state index in [1.165, 1.54) is 7.05 Å². The Morgan fingerprint density at radius 2 is 2.06 bits per heavy atom. The molecule has 0 radical (unpaired) electrons. The first-order valence-electron chi connectivity index (χ1n) is 4.62. The lowest BCUT2D eigenvalue weighted by Crippen LogP contribution is -2.19. The van der Waals surface area contributed by atoms with Crippen LogP contribution < -0.4 is 11.1 Å². The van der Waals surface area contributed by atoms with Crippen LogP contribution in [0.15, 0.2) is 28.8 Å². The monoisotopic (exact) mass is 218 g/mol. The molecule has 0 fully saturated rings. The van der Waals surface area contributed by atoms with Gasteiger partial charge in [-0.3, -0.25) is 4.79 Å². The summed E-state index contributed by atoms with van der Waals surface area (Å²) in [5.74, 6) is -0.0848. The van der Waals surface area contributed by atoms with Gasteiger partial charge in [0.05, 0.1) is 0 Å². The molecule has 0 atom stereocenters. The first kappa shape index (κ1) is 10.2. The standard InChI is InChI=1S/C10H10N4O2/c1-12-9(15)8-13-10(16-14-8)6-2-4-7(11)5-3-6/h2-5H,11H2,1H3,(H,12,15). The number of nitrogens with zero attached hydrogens (tertiary/aromatic N) is 2. The predicted octanol–water partition coefficient (Wildman–Crippen LogP) is 0.678. The molecule has 2 rings (SSSR count). The lowest BCUT2D eigenvalue weighted by molar-refractivity contribution is 0.0950. The van der Waals surface area contributed by atoms with Crippen molar-refractivity contribution < 1.29 is 9.32 Å². The van der Waals surface area contributed by atoms with Crippen molar-refractivity contribution in [3.63, 3.8) is 0 Å². The van der Waals surface area contributed by atoms with Gasteiger partial charge in [-0.05, 0) is 24.3 Å². The SMILES string of the molecule is CNC(=O)c1noc(-c2ccc(N)cc2)n1. The molecular formula is C10H10N4O2. The lowest BCUT2D eigenvalue weighted by atomic mass is 10.2. The number of benzene rings is 1. The van der Waals surface area contributed by atoms with Crippen LogP contribution in [0.2, 0.25) is 0 Å². The summed E-state index contributed by atoms with van der Waals surface area (Å²) in [5.41, 5.74) is 6.92. The third kappa shape index (κ3) is 1.85. The second kappa shape index (κ2) is 4.01. The smallest absolute Gasteiger partial charge is 0.292 e. The Balaban J connectivity index is 2.31. The molecule has 2 aromatic rings. The number of amides is 1. The van der Waals surface area contributed by atoms with E-state index in [4.69, 9.17) is 10.3 Å². The summed E-state index contributed by atoms with van der Waals surface area (Å²) in [4.78, 5) is 15.1. The zero-order chi connectivity index (χ0) is 11.5. The predicted molar refractivity (Wildman–Crippen MR) is 57.5 cm³/mol. The number of aromatic nitrogens is 2. The summed E-state index contributed by atoms with van der Waals surface area (Å²) in [6.07, 6.45) is 0. The first-order valence-corrected chi connectivity index (χ1v) is 4.62. The van der Waals surface area contributed by atoms with Gasteiger partial charge >= 0.3 is 0 Å². The van der Waals surface area contributed by atoms with E-state index in [9.17, 15) is 4.79 Å². The second-order valence-electron chi connectivity index (χ2n) is 3.12. The average Bonchev–Trinajstić information content (AvgIpc) is 2.78. The van der Waals surface area contributed by atoms with Gasteiger partial charge in [0.15, 0.2) is 0 Å². The Bertz CT molecular complexity index is 504. The molecular weight excluding hydrogens is 208 g/mol. The van der Waals surface area contributed by atoms with Crippen LogP contribution in [0.5, 0.6) is 0 Å². The summed E-state index contributed by atoms with van der Waals surface area (Å²) in [5, 5.41) is 5.97. The zero-order valence-electron chi connectivity index (χ0n) is 8.60. The summed E-state index contributed by atoms with van der Waals surface area (Å²) in [7, 11) is 1.50. The normalized spacial score (nSPS) is 10.1. The van der Waals surface area contributed by atoms with Crippen molar-refractivity contribution in [1.82, 2.24) is 15.5 Å². The number of hydrogen-bond donors (Lipinski definition) is 2. The van der Waals surface area contributed by atoms with Crippen molar-refractivity contribution in [3.05, 3.63) is 30.1 Å². The van der Waals surface area contributed by atoms with Crippen LogP contribution in [-0.2, 0) is 0 Å². The maximum absolute atomic E-state index is 11.2. The zero-order valence-corrected chi connectivity index (χ0v) is 8.60. The van der Waals surface area contributed by atoms with Crippen LogP contribution in [0.3, 0.4) is 0 Å². The van der Waals surface area contributed by atoms with Gasteiger partial charge in [-0.1, -0.05) is 5.16 Å². The molecule has 16 heavy (non-hydrogen) atoms. The fourth-order valence-electron chi connectivity index (χ4n) is 1.17. The maximum atomic E-state index is 11.2. The van der Waals surface area contributed by atoms with Crippen LogP contribution in [-0.4, -0.2) is 23.1 Å². The lowest BCUT2D eigenvalue weighted by Gasteiger charge is -1.94. The topological polar surface area (TPSA) is 94.0 Å². The summed E-state index contributed by atoms with van der Waals surface area (Å²) < 4.78 is 4.95. The first-order chi connectivity index (χ1) is 7.70. The fourth-order valence-corrected chi connectivity index (χ4v) is 1.17. The summed E-state index contributed by atoms with van der Waals surface area (Å²) in [6.45, 7) is 0. The van der Waals surface area contributed by atoms with Crippen molar-refractivity contribution >= 4 is 11.6 Å². The van der Waals surface area contributed by atoms with E-state index < -0.39 is 0 Å². The molecule has 0 aliphatic rings. The quantitative estimate of drug-likeness (QED) is 0.723. The number of nitrogens with two attached hydrogens (primary N) is 1. The van der Waals surface area contributed by atoms with E-state index >= 15 is 0 Å². The minimum atomic E-state index is -0.384. The van der Waals surface area contributed by atoms with Crippen LogP contribution >= 0.6 is 0 Å². The highest BCUT2D eigenvalue weighted by Crippen LogP contribution is 2.18. The molecule has 0 spiro atoms. The van der Waals surface area contributed by atoms with Crippen molar-refractivity contribution in [2.24, 2.45) is 0 Å². The van der Waals surface area contributed by atoms with E-state index in [0.29, 0.717) is 11.6 Å². The number of hydrogen-bond acceptors (Lipinski definition) is 5. The second-order valence-corrected chi connectivity index (χ2v) is 3.12. The van der Waals surface area contributed by atoms with E-state index in [2.05, 4.69) is 15.5 Å². The Labute approximate surface area is 91.5 Å². The summed E-state index contributed by atoms with van der Waals surface area (Å²) >= 11 is 0. The molecule has 6 heteroatoms. The number of carbonyl (C=O) groups excluding carboxylic acids is 1. The number of nitrogens with one attached hydrogen (secondary N) is 1. The number of anilines is 1. The highest BCUT2D eigenvalue weighted by molar-refractivity contribution is 5.90. The molecule has 0 unspecified atom stereocenters. The highest BCUT2D eigenvalue weighted by Gasteiger charge is 2.13. The molecule has 1 aromatic carbocycles. The van der Waals surface area contributed by atoms with Gasteiger partial charge in [-0.2, -0.15) is 4.98 Å².